The summed E-state index contributed by atoms with van der Waals surface area (Å²) in [4.78, 5) is 16.8. The van der Waals surface area contributed by atoms with Crippen LogP contribution in [0, 0.1) is 0 Å². The van der Waals surface area contributed by atoms with Crippen LogP contribution in [0.1, 0.15) is 17.4 Å². The minimum absolute atomic E-state index is 0.0335. The molecule has 2 aromatic heterocycles. The average Bonchev–Trinajstić information content (AvgIpc) is 2.65. The minimum Gasteiger partial charge on any atom is -0.476 e. The largest absolute Gasteiger partial charge is 0.476 e. The van der Waals surface area contributed by atoms with Crippen molar-refractivity contribution >= 4 is 33.4 Å². The van der Waals surface area contributed by atoms with Crippen molar-refractivity contribution in [2.24, 2.45) is 0 Å². The molecule has 0 saturated carbocycles. The van der Waals surface area contributed by atoms with Gasteiger partial charge >= 0.3 is 5.97 Å². The molecule has 0 aliphatic carbocycles. The van der Waals surface area contributed by atoms with Crippen molar-refractivity contribution < 1.29 is 9.90 Å². The van der Waals surface area contributed by atoms with Gasteiger partial charge in [0.2, 0.25) is 0 Å². The number of hydrogen-bond acceptors (Lipinski definition) is 4. The minimum atomic E-state index is -1.08. The number of hydrogen-bond donors (Lipinski definition) is 1. The summed E-state index contributed by atoms with van der Waals surface area (Å²) in [6.45, 7) is 2.83. The maximum Gasteiger partial charge on any atom is 0.357 e. The number of anilines is 1. The average molecular weight is 299 g/mol. The van der Waals surface area contributed by atoms with Gasteiger partial charge in [-0.1, -0.05) is 0 Å². The summed E-state index contributed by atoms with van der Waals surface area (Å²) in [5, 5.41) is 13.3. The molecule has 17 heavy (non-hydrogen) atoms. The first-order valence-corrected chi connectivity index (χ1v) is 5.83. The number of aromatic carboxylic acids is 1. The van der Waals surface area contributed by atoms with Gasteiger partial charge in [0.05, 0.1) is 0 Å². The van der Waals surface area contributed by atoms with E-state index < -0.39 is 5.97 Å². The summed E-state index contributed by atoms with van der Waals surface area (Å²) in [5.74, 6) is -0.317. The third-order valence-corrected chi connectivity index (χ3v) is 3.19. The molecule has 0 aromatic carbocycles. The van der Waals surface area contributed by atoms with Gasteiger partial charge in [-0.2, -0.15) is 0 Å². The van der Waals surface area contributed by atoms with E-state index in [1.165, 1.54) is 4.52 Å². The van der Waals surface area contributed by atoms with Gasteiger partial charge in [0.15, 0.2) is 11.3 Å². The Balaban J connectivity index is 2.61. The maximum absolute atomic E-state index is 10.9. The van der Waals surface area contributed by atoms with Crippen LogP contribution >= 0.6 is 15.9 Å². The second-order valence-electron chi connectivity index (χ2n) is 3.53. The summed E-state index contributed by atoms with van der Waals surface area (Å²) in [7, 11) is 1.91. The van der Waals surface area contributed by atoms with E-state index in [0.29, 0.717) is 10.3 Å². The van der Waals surface area contributed by atoms with Crippen LogP contribution in [0.2, 0.25) is 0 Å². The van der Waals surface area contributed by atoms with Gasteiger partial charge in [-0.05, 0) is 35.0 Å². The molecule has 0 atom stereocenters. The van der Waals surface area contributed by atoms with E-state index in [-0.39, 0.29) is 5.69 Å². The van der Waals surface area contributed by atoms with Gasteiger partial charge in [-0.15, -0.1) is 5.10 Å². The van der Waals surface area contributed by atoms with Crippen molar-refractivity contribution in [3.63, 3.8) is 0 Å². The lowest BCUT2D eigenvalue weighted by Crippen LogP contribution is -2.18. The molecule has 6 nitrogen and oxygen atoms in total. The summed E-state index contributed by atoms with van der Waals surface area (Å²) in [5.41, 5.74) is 0.469. The molecule has 0 saturated heterocycles. The Morgan fingerprint density at radius 2 is 2.29 bits per heavy atom. The smallest absolute Gasteiger partial charge is 0.357 e. The fraction of sp³-hybridized carbons (Fsp3) is 0.300. The van der Waals surface area contributed by atoms with E-state index in [1.807, 2.05) is 24.9 Å². The van der Waals surface area contributed by atoms with E-state index in [2.05, 4.69) is 26.0 Å². The van der Waals surface area contributed by atoms with Crippen LogP contribution in [0.5, 0.6) is 0 Å². The normalized spacial score (nSPS) is 10.8. The first-order valence-electron chi connectivity index (χ1n) is 5.04. The number of halogens is 1. The van der Waals surface area contributed by atoms with Gasteiger partial charge in [0.1, 0.15) is 10.4 Å². The lowest BCUT2D eigenvalue weighted by molar-refractivity contribution is 0.0690. The summed E-state index contributed by atoms with van der Waals surface area (Å²) < 4.78 is 1.83. The zero-order valence-electron chi connectivity index (χ0n) is 9.38. The summed E-state index contributed by atoms with van der Waals surface area (Å²) >= 11 is 3.20. The first kappa shape index (κ1) is 11.8. The number of fused-ring (bicyclic) bond motifs is 1. The van der Waals surface area contributed by atoms with Crippen molar-refractivity contribution in [3.05, 3.63) is 22.4 Å². The molecule has 2 aromatic rings. The number of rotatable bonds is 3. The molecular formula is C10H11BrN4O2. The van der Waals surface area contributed by atoms with Gasteiger partial charge in [0.25, 0.3) is 0 Å². The molecule has 0 fully saturated rings. The molecule has 0 aliphatic heterocycles. The molecule has 0 aliphatic rings. The van der Waals surface area contributed by atoms with Crippen LogP contribution in [0.4, 0.5) is 5.82 Å². The topological polar surface area (TPSA) is 70.7 Å². The second kappa shape index (κ2) is 4.33. The van der Waals surface area contributed by atoms with E-state index >= 15 is 0 Å². The van der Waals surface area contributed by atoms with E-state index in [9.17, 15) is 4.79 Å². The predicted octanol–water partition coefficient (Wildman–Crippen LogP) is 1.65. The lowest BCUT2D eigenvalue weighted by Gasteiger charge is -2.14. The zero-order valence-corrected chi connectivity index (χ0v) is 11.0. The van der Waals surface area contributed by atoms with Crippen molar-refractivity contribution in [1.82, 2.24) is 14.6 Å². The van der Waals surface area contributed by atoms with Crippen molar-refractivity contribution in [3.8, 4) is 0 Å². The zero-order chi connectivity index (χ0) is 12.6. The standard InChI is InChI=1S/C10H11BrN4O2/c1-3-14(2)7-5-4-6-12-8(10(16)17)9(11)15(6)13-7/h4-5H,3H2,1-2H3,(H,16,17). The Bertz CT molecular complexity index is 581. The van der Waals surface area contributed by atoms with Gasteiger partial charge in [-0.25, -0.2) is 14.3 Å². The summed E-state index contributed by atoms with van der Waals surface area (Å²) in [6, 6.07) is 3.55. The molecular weight excluding hydrogens is 288 g/mol. The highest BCUT2D eigenvalue weighted by Crippen LogP contribution is 2.20. The van der Waals surface area contributed by atoms with Crippen molar-refractivity contribution in [2.75, 3.05) is 18.5 Å². The molecule has 2 heterocycles. The molecule has 0 unspecified atom stereocenters. The van der Waals surface area contributed by atoms with Crippen LogP contribution < -0.4 is 4.90 Å². The Morgan fingerprint density at radius 3 is 2.88 bits per heavy atom. The number of aromatic nitrogens is 3. The monoisotopic (exact) mass is 298 g/mol. The maximum atomic E-state index is 10.9. The number of imidazole rings is 1. The molecule has 0 spiro atoms. The Kier molecular flexibility index (Phi) is 3.01. The third kappa shape index (κ3) is 1.97. The van der Waals surface area contributed by atoms with Crippen molar-refractivity contribution in [1.29, 1.82) is 0 Å². The number of nitrogens with zero attached hydrogens (tertiary/aromatic N) is 4. The molecule has 0 radical (unpaired) electrons. The third-order valence-electron chi connectivity index (χ3n) is 2.48. The number of carbonyl (C=O) groups is 1. The Morgan fingerprint density at radius 1 is 1.59 bits per heavy atom. The second-order valence-corrected chi connectivity index (χ2v) is 4.28. The summed E-state index contributed by atoms with van der Waals surface area (Å²) in [6.07, 6.45) is 0. The van der Waals surface area contributed by atoms with Gasteiger partial charge in [0, 0.05) is 13.6 Å². The SMILES string of the molecule is CCN(C)c1ccc2nc(C(=O)O)c(Br)n2n1. The highest BCUT2D eigenvalue weighted by atomic mass is 79.9. The Labute approximate surface area is 106 Å². The fourth-order valence-electron chi connectivity index (χ4n) is 1.40. The molecule has 7 heteroatoms. The van der Waals surface area contributed by atoms with Crippen LogP contribution in [0.15, 0.2) is 16.7 Å². The number of carboxylic acids is 1. The fourth-order valence-corrected chi connectivity index (χ4v) is 1.92. The number of carboxylic acid groups (broad SMARTS) is 1. The van der Waals surface area contributed by atoms with E-state index in [4.69, 9.17) is 5.11 Å². The van der Waals surface area contributed by atoms with E-state index in [0.717, 1.165) is 12.4 Å². The molecule has 90 valence electrons. The Hall–Kier alpha value is -1.63. The van der Waals surface area contributed by atoms with Crippen LogP contribution in [-0.2, 0) is 0 Å². The van der Waals surface area contributed by atoms with Gasteiger partial charge < -0.3 is 10.0 Å². The highest BCUT2D eigenvalue weighted by molar-refractivity contribution is 9.10. The predicted molar refractivity (Wildman–Crippen MR) is 66.6 cm³/mol. The van der Waals surface area contributed by atoms with Crippen LogP contribution in [-0.4, -0.2) is 39.3 Å². The quantitative estimate of drug-likeness (QED) is 0.933. The van der Waals surface area contributed by atoms with Crippen LogP contribution in [0.3, 0.4) is 0 Å². The van der Waals surface area contributed by atoms with Gasteiger partial charge in [-0.3, -0.25) is 0 Å². The molecule has 1 N–H and O–H groups in total. The van der Waals surface area contributed by atoms with Crippen molar-refractivity contribution in [2.45, 2.75) is 6.92 Å². The van der Waals surface area contributed by atoms with Crippen LogP contribution in [0.25, 0.3) is 5.65 Å². The highest BCUT2D eigenvalue weighted by Gasteiger charge is 2.17. The lowest BCUT2D eigenvalue weighted by atomic mass is 10.4. The molecule has 0 amide bonds. The first-order chi connectivity index (χ1) is 8.04. The molecule has 2 rings (SSSR count). The molecule has 0 bridgehead atoms. The van der Waals surface area contributed by atoms with E-state index in [1.54, 1.807) is 6.07 Å².